The molecule has 0 radical (unpaired) electrons. The van der Waals surface area contributed by atoms with Crippen molar-refractivity contribution in [3.05, 3.63) is 0 Å². The van der Waals surface area contributed by atoms with Gasteiger partial charge in [-0.15, -0.1) is 0 Å². The van der Waals surface area contributed by atoms with Gasteiger partial charge in [0.05, 0.1) is 0 Å². The third-order valence-electron chi connectivity index (χ3n) is 3.40. The van der Waals surface area contributed by atoms with Crippen molar-refractivity contribution in [2.45, 2.75) is 19.8 Å². The Morgan fingerprint density at radius 3 is 2.58 bits per heavy atom. The molecule has 2 aliphatic rings. The minimum Gasteiger partial charge on any atom is -0.305 e. The third kappa shape index (κ3) is 1.38. The molecule has 2 aliphatic heterocycles. The average molecular weight is 168 g/mol. The molecule has 0 saturated carbocycles. The number of rotatable bonds is 1. The molecule has 2 heteroatoms. The highest BCUT2D eigenvalue weighted by atomic mass is 15.2. The molecule has 2 saturated heterocycles. The van der Waals surface area contributed by atoms with Crippen LogP contribution in [0.1, 0.15) is 19.8 Å². The number of hydrogen-bond donors (Lipinski definition) is 0. The second-order valence-electron chi connectivity index (χ2n) is 4.64. The molecule has 1 spiro atoms. The minimum absolute atomic E-state index is 0.697. The maximum Gasteiger partial charge on any atom is 0.00850 e. The Labute approximate surface area is 75.5 Å². The Hall–Kier alpha value is -0.0800. The van der Waals surface area contributed by atoms with Crippen LogP contribution in [0, 0.1) is 5.41 Å². The molecule has 2 nitrogen and oxygen atoms in total. The van der Waals surface area contributed by atoms with Gasteiger partial charge in [-0.3, -0.25) is 0 Å². The molecular formula is C10H20N2. The van der Waals surface area contributed by atoms with Gasteiger partial charge in [0.15, 0.2) is 0 Å². The molecule has 0 aromatic rings. The van der Waals surface area contributed by atoms with Crippen LogP contribution in [0.4, 0.5) is 0 Å². The highest BCUT2D eigenvalue weighted by Gasteiger charge is 2.43. The van der Waals surface area contributed by atoms with Crippen molar-refractivity contribution < 1.29 is 0 Å². The lowest BCUT2D eigenvalue weighted by Gasteiger charge is -2.53. The second-order valence-corrected chi connectivity index (χ2v) is 4.64. The van der Waals surface area contributed by atoms with E-state index in [-0.39, 0.29) is 0 Å². The molecule has 0 aromatic heterocycles. The molecular weight excluding hydrogens is 148 g/mol. The van der Waals surface area contributed by atoms with Crippen molar-refractivity contribution in [2.75, 3.05) is 39.8 Å². The standard InChI is InChI=1S/C10H20N2/c1-3-12-6-4-5-10(9-12)7-11(2)8-10/h3-9H2,1-2H3. The first-order chi connectivity index (χ1) is 5.74. The summed E-state index contributed by atoms with van der Waals surface area (Å²) < 4.78 is 0. The van der Waals surface area contributed by atoms with Crippen LogP contribution in [-0.4, -0.2) is 49.6 Å². The summed E-state index contributed by atoms with van der Waals surface area (Å²) in [5.41, 5.74) is 0.697. The summed E-state index contributed by atoms with van der Waals surface area (Å²) in [6.07, 6.45) is 2.88. The van der Waals surface area contributed by atoms with E-state index in [2.05, 4.69) is 23.8 Å². The summed E-state index contributed by atoms with van der Waals surface area (Å²) in [6, 6.07) is 0. The van der Waals surface area contributed by atoms with E-state index in [1.165, 1.54) is 45.6 Å². The van der Waals surface area contributed by atoms with E-state index < -0.39 is 0 Å². The fourth-order valence-corrected chi connectivity index (χ4v) is 2.94. The second kappa shape index (κ2) is 3.00. The maximum absolute atomic E-state index is 2.61. The fourth-order valence-electron chi connectivity index (χ4n) is 2.94. The molecule has 2 rings (SSSR count). The molecule has 2 heterocycles. The van der Waals surface area contributed by atoms with Crippen molar-refractivity contribution in [3.8, 4) is 0 Å². The molecule has 2 fully saturated rings. The van der Waals surface area contributed by atoms with Crippen molar-refractivity contribution in [2.24, 2.45) is 5.41 Å². The number of hydrogen-bond acceptors (Lipinski definition) is 2. The zero-order valence-corrected chi connectivity index (χ0v) is 8.34. The summed E-state index contributed by atoms with van der Waals surface area (Å²) >= 11 is 0. The van der Waals surface area contributed by atoms with E-state index in [1.54, 1.807) is 0 Å². The lowest BCUT2D eigenvalue weighted by atomic mass is 9.74. The normalized spacial score (nSPS) is 30.5. The molecule has 0 aliphatic carbocycles. The lowest BCUT2D eigenvalue weighted by molar-refractivity contribution is -0.0386. The van der Waals surface area contributed by atoms with Crippen LogP contribution in [0.5, 0.6) is 0 Å². The largest absolute Gasteiger partial charge is 0.305 e. The maximum atomic E-state index is 2.61. The van der Waals surface area contributed by atoms with Crippen LogP contribution in [0.3, 0.4) is 0 Å². The highest BCUT2D eigenvalue weighted by molar-refractivity contribution is 4.97. The van der Waals surface area contributed by atoms with Crippen LogP contribution >= 0.6 is 0 Å². The molecule has 0 unspecified atom stereocenters. The molecule has 0 atom stereocenters. The zero-order chi connectivity index (χ0) is 8.60. The molecule has 12 heavy (non-hydrogen) atoms. The molecule has 70 valence electrons. The van der Waals surface area contributed by atoms with Gasteiger partial charge in [-0.1, -0.05) is 6.92 Å². The first-order valence-corrected chi connectivity index (χ1v) is 5.15. The molecule has 0 amide bonds. The van der Waals surface area contributed by atoms with Crippen molar-refractivity contribution in [3.63, 3.8) is 0 Å². The van der Waals surface area contributed by atoms with Crippen molar-refractivity contribution >= 4 is 0 Å². The van der Waals surface area contributed by atoms with Crippen LogP contribution in [0.2, 0.25) is 0 Å². The van der Waals surface area contributed by atoms with Gasteiger partial charge in [0, 0.05) is 25.0 Å². The van der Waals surface area contributed by atoms with Gasteiger partial charge in [0.2, 0.25) is 0 Å². The van der Waals surface area contributed by atoms with Gasteiger partial charge in [0.1, 0.15) is 0 Å². The summed E-state index contributed by atoms with van der Waals surface area (Å²) in [5.74, 6) is 0. The van der Waals surface area contributed by atoms with E-state index in [9.17, 15) is 0 Å². The number of piperidine rings is 1. The highest BCUT2D eigenvalue weighted by Crippen LogP contribution is 2.37. The lowest BCUT2D eigenvalue weighted by Crippen LogP contribution is -2.61. The smallest absolute Gasteiger partial charge is 0.00850 e. The van der Waals surface area contributed by atoms with Gasteiger partial charge < -0.3 is 9.80 Å². The quantitative estimate of drug-likeness (QED) is 0.577. The van der Waals surface area contributed by atoms with Crippen LogP contribution in [0.15, 0.2) is 0 Å². The summed E-state index contributed by atoms with van der Waals surface area (Å²) in [7, 11) is 2.23. The van der Waals surface area contributed by atoms with Crippen molar-refractivity contribution in [1.82, 2.24) is 9.80 Å². The Bertz CT molecular complexity index is 156. The van der Waals surface area contributed by atoms with E-state index >= 15 is 0 Å². The Morgan fingerprint density at radius 1 is 1.25 bits per heavy atom. The van der Waals surface area contributed by atoms with Gasteiger partial charge in [-0.05, 0) is 33.0 Å². The molecule has 0 N–H and O–H groups in total. The SMILES string of the molecule is CCN1CCCC2(CN(C)C2)C1. The predicted octanol–water partition coefficient (Wildman–Crippen LogP) is 1.03. The monoisotopic (exact) mass is 168 g/mol. The Morgan fingerprint density at radius 2 is 2.00 bits per heavy atom. The van der Waals surface area contributed by atoms with Gasteiger partial charge >= 0.3 is 0 Å². The van der Waals surface area contributed by atoms with Crippen LogP contribution in [-0.2, 0) is 0 Å². The van der Waals surface area contributed by atoms with E-state index in [1.807, 2.05) is 0 Å². The van der Waals surface area contributed by atoms with Gasteiger partial charge in [-0.25, -0.2) is 0 Å². The average Bonchev–Trinajstić information content (AvgIpc) is 2.02. The predicted molar refractivity (Wildman–Crippen MR) is 51.3 cm³/mol. The first-order valence-electron chi connectivity index (χ1n) is 5.15. The van der Waals surface area contributed by atoms with E-state index in [4.69, 9.17) is 0 Å². The summed E-state index contributed by atoms with van der Waals surface area (Å²) in [5, 5.41) is 0. The van der Waals surface area contributed by atoms with Crippen molar-refractivity contribution in [1.29, 1.82) is 0 Å². The summed E-state index contributed by atoms with van der Waals surface area (Å²) in [6.45, 7) is 8.88. The summed E-state index contributed by atoms with van der Waals surface area (Å²) in [4.78, 5) is 5.05. The van der Waals surface area contributed by atoms with Gasteiger partial charge in [-0.2, -0.15) is 0 Å². The van der Waals surface area contributed by atoms with E-state index in [0.29, 0.717) is 5.41 Å². The number of likely N-dealkylation sites (tertiary alicyclic amines) is 2. The Kier molecular flexibility index (Phi) is 2.13. The molecule has 0 bridgehead atoms. The Balaban J connectivity index is 1.91. The minimum atomic E-state index is 0.697. The fraction of sp³-hybridized carbons (Fsp3) is 1.00. The zero-order valence-electron chi connectivity index (χ0n) is 8.34. The third-order valence-corrected chi connectivity index (χ3v) is 3.40. The van der Waals surface area contributed by atoms with Crippen LogP contribution in [0.25, 0.3) is 0 Å². The van der Waals surface area contributed by atoms with Crippen LogP contribution < -0.4 is 0 Å². The topological polar surface area (TPSA) is 6.48 Å². The number of nitrogens with zero attached hydrogens (tertiary/aromatic N) is 2. The molecule has 0 aromatic carbocycles. The van der Waals surface area contributed by atoms with E-state index in [0.717, 1.165) is 0 Å². The van der Waals surface area contributed by atoms with Gasteiger partial charge in [0.25, 0.3) is 0 Å². The first kappa shape index (κ1) is 8.52.